The average Bonchev–Trinajstić information content (AvgIpc) is 2.50. The first-order valence-corrected chi connectivity index (χ1v) is 8.57. The molecule has 0 aliphatic heterocycles. The van der Waals surface area contributed by atoms with Crippen LogP contribution in [0.15, 0.2) is 23.1 Å². The first kappa shape index (κ1) is 23.5. The lowest BCUT2D eigenvalue weighted by atomic mass is 10.2. The van der Waals surface area contributed by atoms with Crippen LogP contribution in [-0.4, -0.2) is 46.5 Å². The molecule has 144 valence electrons. The molecule has 0 aliphatic carbocycles. The molecule has 0 heterocycles. The van der Waals surface area contributed by atoms with Gasteiger partial charge in [-0.15, -0.1) is 12.4 Å². The highest BCUT2D eigenvalue weighted by Crippen LogP contribution is 2.25. The molecule has 0 bridgehead atoms. The van der Waals surface area contributed by atoms with Crippen molar-refractivity contribution in [2.24, 2.45) is 5.73 Å². The lowest BCUT2D eigenvalue weighted by Crippen LogP contribution is -2.41. The number of hydrogen-bond acceptors (Lipinski definition) is 5. The van der Waals surface area contributed by atoms with Crippen molar-refractivity contribution in [3.05, 3.63) is 23.8 Å². The Bertz CT molecular complexity index is 699. The van der Waals surface area contributed by atoms with Gasteiger partial charge in [-0.2, -0.15) is 0 Å². The zero-order valence-corrected chi connectivity index (χ0v) is 15.6. The van der Waals surface area contributed by atoms with Crippen molar-refractivity contribution in [2.45, 2.75) is 30.7 Å². The maximum absolute atomic E-state index is 13.1. The number of ether oxygens (including phenoxy) is 1. The third kappa shape index (κ3) is 6.73. The normalized spacial score (nSPS) is 11.8. The summed E-state index contributed by atoms with van der Waals surface area (Å²) in [5, 5.41) is 2.02. The van der Waals surface area contributed by atoms with Gasteiger partial charge in [-0.25, -0.2) is 21.9 Å². The number of nitrogens with one attached hydrogen (secondary N) is 2. The smallest absolute Gasteiger partial charge is 0.277 e. The Morgan fingerprint density at radius 2 is 1.96 bits per heavy atom. The van der Waals surface area contributed by atoms with E-state index in [4.69, 9.17) is 10.5 Å². The molecule has 11 heteroatoms. The molecule has 7 nitrogen and oxygen atoms in total. The fourth-order valence-corrected chi connectivity index (χ4v) is 3.23. The Kier molecular flexibility index (Phi) is 8.72. The molecule has 0 spiro atoms. The number of rotatable bonds is 8. The van der Waals surface area contributed by atoms with Crippen molar-refractivity contribution in [1.82, 2.24) is 10.0 Å². The number of alkyl halides is 2. The molecule has 0 aromatic heterocycles. The quantitative estimate of drug-likeness (QED) is 0.604. The molecule has 0 fully saturated rings. The van der Waals surface area contributed by atoms with Crippen LogP contribution in [0.3, 0.4) is 0 Å². The van der Waals surface area contributed by atoms with Crippen LogP contribution < -0.4 is 20.5 Å². The van der Waals surface area contributed by atoms with E-state index in [0.717, 1.165) is 6.07 Å². The van der Waals surface area contributed by atoms with E-state index >= 15 is 0 Å². The Labute approximate surface area is 151 Å². The third-order valence-electron chi connectivity index (χ3n) is 2.91. The van der Waals surface area contributed by atoms with Crippen molar-refractivity contribution in [3.8, 4) is 5.75 Å². The van der Waals surface area contributed by atoms with Crippen LogP contribution in [0.25, 0.3) is 0 Å². The molecular weight excluding hydrogens is 380 g/mol. The summed E-state index contributed by atoms with van der Waals surface area (Å²) in [5.41, 5.74) is 4.80. The number of benzene rings is 1. The van der Waals surface area contributed by atoms with Crippen molar-refractivity contribution < 1.29 is 26.7 Å². The minimum absolute atomic E-state index is 0. The van der Waals surface area contributed by atoms with Gasteiger partial charge in [0.05, 0.1) is 20.2 Å². The number of carbonyl (C=O) groups is 1. The summed E-state index contributed by atoms with van der Waals surface area (Å²) in [6, 6.07) is 3.26. The van der Waals surface area contributed by atoms with E-state index in [1.807, 2.05) is 5.32 Å². The van der Waals surface area contributed by atoms with E-state index in [9.17, 15) is 22.0 Å². The van der Waals surface area contributed by atoms with Gasteiger partial charge in [0.2, 0.25) is 10.0 Å². The molecule has 0 saturated carbocycles. The van der Waals surface area contributed by atoms with E-state index in [0.29, 0.717) is 0 Å². The Balaban J connectivity index is 0.00000576. The molecule has 1 rings (SSSR count). The SMILES string of the molecule is COc1ccc(C(=O)NCC(F)(F)CN)cc1S(=O)(=O)NC(C)C.Cl. The molecule has 0 atom stereocenters. The minimum atomic E-state index is -3.93. The maximum atomic E-state index is 13.1. The number of carbonyl (C=O) groups excluding carboxylic acids is 1. The lowest BCUT2D eigenvalue weighted by molar-refractivity contribution is 0.0118. The zero-order valence-electron chi connectivity index (χ0n) is 14.0. The standard InChI is InChI=1S/C14H21F2N3O4S.ClH/c1-9(2)19-24(21,22)12-6-10(4-5-11(12)23-3)13(20)18-8-14(15,16)7-17;/h4-6,9,19H,7-8,17H2,1-3H3,(H,18,20);1H. The molecule has 1 aromatic carbocycles. The summed E-state index contributed by atoms with van der Waals surface area (Å²) >= 11 is 0. The second-order valence-electron chi connectivity index (χ2n) is 5.38. The van der Waals surface area contributed by atoms with Crippen molar-refractivity contribution in [2.75, 3.05) is 20.2 Å². The number of nitrogens with two attached hydrogens (primary N) is 1. The molecule has 25 heavy (non-hydrogen) atoms. The van der Waals surface area contributed by atoms with Crippen LogP contribution in [0.5, 0.6) is 5.75 Å². The first-order chi connectivity index (χ1) is 11.0. The summed E-state index contributed by atoms with van der Waals surface area (Å²) in [4.78, 5) is 11.7. The van der Waals surface area contributed by atoms with E-state index < -0.39 is 34.9 Å². The topological polar surface area (TPSA) is 111 Å². The van der Waals surface area contributed by atoms with Crippen LogP contribution in [0.1, 0.15) is 24.2 Å². The van der Waals surface area contributed by atoms with Crippen molar-refractivity contribution in [1.29, 1.82) is 0 Å². The molecular formula is C14H22ClF2N3O4S. The van der Waals surface area contributed by atoms with Gasteiger partial charge in [0.25, 0.3) is 11.8 Å². The van der Waals surface area contributed by atoms with Gasteiger partial charge >= 0.3 is 0 Å². The number of halogens is 3. The summed E-state index contributed by atoms with van der Waals surface area (Å²) in [6.45, 7) is 1.42. The third-order valence-corrected chi connectivity index (χ3v) is 4.59. The zero-order chi connectivity index (χ0) is 18.5. The van der Waals surface area contributed by atoms with E-state index in [1.54, 1.807) is 13.8 Å². The largest absolute Gasteiger partial charge is 0.495 e. The van der Waals surface area contributed by atoms with Crippen molar-refractivity contribution >= 4 is 28.3 Å². The predicted octanol–water partition coefficient (Wildman–Crippen LogP) is 1.13. The highest BCUT2D eigenvalue weighted by Gasteiger charge is 2.28. The van der Waals surface area contributed by atoms with Gasteiger partial charge in [0.15, 0.2) is 0 Å². The van der Waals surface area contributed by atoms with E-state index in [2.05, 4.69) is 4.72 Å². The summed E-state index contributed by atoms with van der Waals surface area (Å²) in [6.07, 6.45) is 0. The number of sulfonamides is 1. The number of methoxy groups -OCH3 is 1. The van der Waals surface area contributed by atoms with Gasteiger partial charge in [0, 0.05) is 11.6 Å². The van der Waals surface area contributed by atoms with Gasteiger partial charge in [-0.3, -0.25) is 4.79 Å². The van der Waals surface area contributed by atoms with E-state index in [-0.39, 0.29) is 34.7 Å². The monoisotopic (exact) mass is 401 g/mol. The molecule has 0 aliphatic rings. The van der Waals surface area contributed by atoms with Crippen LogP contribution in [-0.2, 0) is 10.0 Å². The fraction of sp³-hybridized carbons (Fsp3) is 0.500. The summed E-state index contributed by atoms with van der Waals surface area (Å²) in [5.74, 6) is -4.05. The summed E-state index contributed by atoms with van der Waals surface area (Å²) in [7, 11) is -2.65. The highest BCUT2D eigenvalue weighted by molar-refractivity contribution is 7.89. The van der Waals surface area contributed by atoms with Gasteiger partial charge in [-0.05, 0) is 32.0 Å². The molecule has 0 unspecified atom stereocenters. The molecule has 1 aromatic rings. The van der Waals surface area contributed by atoms with Crippen LogP contribution in [0, 0.1) is 0 Å². The second-order valence-corrected chi connectivity index (χ2v) is 7.07. The highest BCUT2D eigenvalue weighted by atomic mass is 35.5. The Morgan fingerprint density at radius 3 is 2.44 bits per heavy atom. The molecule has 0 radical (unpaired) electrons. The fourth-order valence-electron chi connectivity index (χ4n) is 1.79. The van der Waals surface area contributed by atoms with Crippen LogP contribution >= 0.6 is 12.4 Å². The van der Waals surface area contributed by atoms with Gasteiger partial charge < -0.3 is 15.8 Å². The second kappa shape index (κ2) is 9.27. The Hall–Kier alpha value is -1.49. The van der Waals surface area contributed by atoms with Crippen LogP contribution in [0.2, 0.25) is 0 Å². The van der Waals surface area contributed by atoms with Crippen LogP contribution in [0.4, 0.5) is 8.78 Å². The number of hydrogen-bond donors (Lipinski definition) is 3. The van der Waals surface area contributed by atoms with E-state index in [1.165, 1.54) is 19.2 Å². The number of amides is 1. The minimum Gasteiger partial charge on any atom is -0.495 e. The molecule has 1 amide bonds. The molecule has 4 N–H and O–H groups in total. The van der Waals surface area contributed by atoms with Crippen molar-refractivity contribution in [3.63, 3.8) is 0 Å². The summed E-state index contributed by atoms with van der Waals surface area (Å²) < 4.78 is 58.1. The average molecular weight is 402 g/mol. The van der Waals surface area contributed by atoms with Gasteiger partial charge in [0.1, 0.15) is 10.6 Å². The maximum Gasteiger partial charge on any atom is 0.277 e. The lowest BCUT2D eigenvalue weighted by Gasteiger charge is -2.16. The molecule has 0 saturated heterocycles. The predicted molar refractivity (Wildman–Crippen MR) is 92.0 cm³/mol. The first-order valence-electron chi connectivity index (χ1n) is 7.09. The van der Waals surface area contributed by atoms with Gasteiger partial charge in [-0.1, -0.05) is 0 Å². The Morgan fingerprint density at radius 1 is 1.36 bits per heavy atom.